The smallest absolute Gasteiger partial charge is 0.0661 e. The Bertz CT molecular complexity index is 422. The van der Waals surface area contributed by atoms with E-state index in [0.717, 1.165) is 31.6 Å². The van der Waals surface area contributed by atoms with Crippen molar-refractivity contribution in [1.82, 2.24) is 0 Å². The third kappa shape index (κ3) is 4.23. The summed E-state index contributed by atoms with van der Waals surface area (Å²) in [6.07, 6.45) is 13.5. The lowest BCUT2D eigenvalue weighted by Crippen LogP contribution is -2.24. The number of nitriles is 2. The highest BCUT2D eigenvalue weighted by atomic mass is 16.3. The molecule has 3 heteroatoms. The van der Waals surface area contributed by atoms with Gasteiger partial charge in [-0.25, -0.2) is 0 Å². The predicted octanol–water partition coefficient (Wildman–Crippen LogP) is 4.57. The van der Waals surface area contributed by atoms with Crippen molar-refractivity contribution in [3.05, 3.63) is 0 Å². The number of unbranched alkanes of at least 4 members (excludes halogenated alkanes) is 3. The molecule has 2 bridgehead atoms. The van der Waals surface area contributed by atoms with Crippen molar-refractivity contribution >= 4 is 0 Å². The summed E-state index contributed by atoms with van der Waals surface area (Å²) in [5, 5.41) is 27.3. The molecule has 3 nitrogen and oxygen atoms in total. The molecule has 1 N–H and O–H groups in total. The second kappa shape index (κ2) is 8.54. The Morgan fingerprint density at radius 2 is 1.95 bits per heavy atom. The number of rotatable bonds is 10. The Balaban J connectivity index is 1.61. The van der Waals surface area contributed by atoms with Gasteiger partial charge in [-0.15, -0.1) is 0 Å². The van der Waals surface area contributed by atoms with Gasteiger partial charge >= 0.3 is 0 Å². The molecule has 0 aromatic heterocycles. The summed E-state index contributed by atoms with van der Waals surface area (Å²) in [5.74, 6) is 1.53. The van der Waals surface area contributed by atoms with Gasteiger partial charge in [0.15, 0.2) is 0 Å². The number of fused-ring (bicyclic) bond motifs is 2. The van der Waals surface area contributed by atoms with Crippen LogP contribution in [0, 0.1) is 45.8 Å². The number of hydrogen-bond acceptors (Lipinski definition) is 3. The third-order valence-corrected chi connectivity index (χ3v) is 6.16. The molecule has 0 amide bonds. The van der Waals surface area contributed by atoms with Crippen LogP contribution in [0.15, 0.2) is 0 Å². The summed E-state index contributed by atoms with van der Waals surface area (Å²) in [6.45, 7) is 0.257. The molecule has 22 heavy (non-hydrogen) atoms. The van der Waals surface area contributed by atoms with E-state index in [0.29, 0.717) is 23.7 Å². The molecule has 0 radical (unpaired) electrons. The van der Waals surface area contributed by atoms with Crippen molar-refractivity contribution in [3.63, 3.8) is 0 Å². The van der Waals surface area contributed by atoms with Gasteiger partial charge in [-0.2, -0.15) is 10.5 Å². The lowest BCUT2D eigenvalue weighted by atomic mass is 9.72. The lowest BCUT2D eigenvalue weighted by Gasteiger charge is -2.31. The van der Waals surface area contributed by atoms with Crippen molar-refractivity contribution in [1.29, 1.82) is 10.5 Å². The molecule has 4 atom stereocenters. The van der Waals surface area contributed by atoms with Gasteiger partial charge < -0.3 is 5.11 Å². The summed E-state index contributed by atoms with van der Waals surface area (Å²) in [7, 11) is 0. The van der Waals surface area contributed by atoms with Gasteiger partial charge in [0.2, 0.25) is 0 Å². The van der Waals surface area contributed by atoms with E-state index in [1.165, 1.54) is 44.9 Å². The average molecular weight is 302 g/mol. The Labute approximate surface area is 135 Å². The first-order valence-corrected chi connectivity index (χ1v) is 9.11. The van der Waals surface area contributed by atoms with Crippen LogP contribution in [-0.4, -0.2) is 11.7 Å². The van der Waals surface area contributed by atoms with Gasteiger partial charge in [-0.1, -0.05) is 19.3 Å². The number of hydrogen-bond donors (Lipinski definition) is 1. The van der Waals surface area contributed by atoms with Gasteiger partial charge in [-0.3, -0.25) is 0 Å². The molecular weight excluding hydrogens is 272 g/mol. The third-order valence-electron chi connectivity index (χ3n) is 6.16. The number of aliphatic hydroxyl groups excluding tert-OH is 1. The second-order valence-corrected chi connectivity index (χ2v) is 7.59. The summed E-state index contributed by atoms with van der Waals surface area (Å²) >= 11 is 0. The van der Waals surface area contributed by atoms with Crippen molar-refractivity contribution in [2.24, 2.45) is 23.2 Å². The maximum Gasteiger partial charge on any atom is 0.0661 e. The number of aliphatic hydroxyl groups is 1. The van der Waals surface area contributed by atoms with Crippen molar-refractivity contribution in [2.75, 3.05) is 6.61 Å². The molecule has 2 saturated carbocycles. The molecule has 2 aliphatic rings. The molecule has 0 spiro atoms. The molecule has 0 aliphatic heterocycles. The van der Waals surface area contributed by atoms with Crippen LogP contribution in [-0.2, 0) is 0 Å². The zero-order chi connectivity index (χ0) is 15.8. The van der Waals surface area contributed by atoms with Gasteiger partial charge in [0.1, 0.15) is 0 Å². The van der Waals surface area contributed by atoms with Crippen molar-refractivity contribution < 1.29 is 5.11 Å². The largest absolute Gasteiger partial charge is 0.396 e. The first-order chi connectivity index (χ1) is 10.7. The Morgan fingerprint density at radius 1 is 1.14 bits per heavy atom. The Morgan fingerprint density at radius 3 is 2.64 bits per heavy atom. The van der Waals surface area contributed by atoms with E-state index in [2.05, 4.69) is 12.1 Å². The van der Waals surface area contributed by atoms with Crippen LogP contribution in [0.25, 0.3) is 0 Å². The lowest BCUT2D eigenvalue weighted by molar-refractivity contribution is 0.195. The second-order valence-electron chi connectivity index (χ2n) is 7.59. The van der Waals surface area contributed by atoms with E-state index in [-0.39, 0.29) is 6.61 Å². The molecule has 4 unspecified atom stereocenters. The first-order valence-electron chi connectivity index (χ1n) is 9.11. The van der Waals surface area contributed by atoms with Crippen LogP contribution in [0.2, 0.25) is 0 Å². The molecule has 2 aliphatic carbocycles. The molecule has 122 valence electrons. The minimum atomic E-state index is 0.257. The fraction of sp³-hybridized carbons (Fsp3) is 0.895. The fourth-order valence-corrected chi connectivity index (χ4v) is 4.85. The maximum absolute atomic E-state index is 9.39. The summed E-state index contributed by atoms with van der Waals surface area (Å²) in [6, 6.07) is 4.74. The van der Waals surface area contributed by atoms with E-state index in [9.17, 15) is 10.4 Å². The van der Waals surface area contributed by atoms with Crippen LogP contribution in [0.5, 0.6) is 0 Å². The number of nitrogens with zero attached hydrogens (tertiary/aromatic N) is 2. The molecule has 0 aromatic carbocycles. The van der Waals surface area contributed by atoms with Crippen LogP contribution in [0.3, 0.4) is 0 Å². The van der Waals surface area contributed by atoms with Gasteiger partial charge in [0.05, 0.1) is 18.1 Å². The topological polar surface area (TPSA) is 67.8 Å². The van der Waals surface area contributed by atoms with Crippen molar-refractivity contribution in [2.45, 2.75) is 77.0 Å². The summed E-state index contributed by atoms with van der Waals surface area (Å²) in [4.78, 5) is 0. The molecule has 0 saturated heterocycles. The van der Waals surface area contributed by atoms with E-state index >= 15 is 0 Å². The fourth-order valence-electron chi connectivity index (χ4n) is 4.85. The normalized spacial score (nSPS) is 30.9. The average Bonchev–Trinajstić information content (AvgIpc) is 3.10. The van der Waals surface area contributed by atoms with E-state index in [4.69, 9.17) is 5.26 Å². The quantitative estimate of drug-likeness (QED) is 0.601. The van der Waals surface area contributed by atoms with E-state index in [1.54, 1.807) is 0 Å². The van der Waals surface area contributed by atoms with Crippen LogP contribution in [0.4, 0.5) is 0 Å². The molecule has 0 aromatic rings. The Kier molecular flexibility index (Phi) is 6.71. The van der Waals surface area contributed by atoms with Gasteiger partial charge in [0.25, 0.3) is 0 Å². The molecular formula is C19H30N2O. The maximum atomic E-state index is 9.39. The molecule has 0 heterocycles. The highest BCUT2D eigenvalue weighted by Gasteiger charge is 2.51. The Hall–Kier alpha value is -1.06. The van der Waals surface area contributed by atoms with Crippen LogP contribution < -0.4 is 0 Å². The molecule has 2 fully saturated rings. The van der Waals surface area contributed by atoms with E-state index in [1.807, 2.05) is 0 Å². The van der Waals surface area contributed by atoms with Crippen molar-refractivity contribution in [3.8, 4) is 12.1 Å². The highest BCUT2D eigenvalue weighted by Crippen LogP contribution is 2.59. The minimum absolute atomic E-state index is 0.257. The standard InChI is InChI=1S/C19H30N2O/c20-11-5-3-7-16(15-22)6-2-1-4-9-19-10-8-17(13-19)12-18(19)14-21/h16-18,22H,1-10,12-13,15H2. The van der Waals surface area contributed by atoms with Gasteiger partial charge in [-0.05, 0) is 68.6 Å². The zero-order valence-corrected chi connectivity index (χ0v) is 13.8. The van der Waals surface area contributed by atoms with Gasteiger partial charge in [0, 0.05) is 13.0 Å². The minimum Gasteiger partial charge on any atom is -0.396 e. The monoisotopic (exact) mass is 302 g/mol. The summed E-state index contributed by atoms with van der Waals surface area (Å²) < 4.78 is 0. The first kappa shape index (κ1) is 17.3. The highest BCUT2D eigenvalue weighted by molar-refractivity contribution is 5.08. The van der Waals surface area contributed by atoms with Crippen LogP contribution in [0.1, 0.15) is 77.0 Å². The summed E-state index contributed by atoms with van der Waals surface area (Å²) in [5.41, 5.74) is 0.364. The van der Waals surface area contributed by atoms with E-state index < -0.39 is 0 Å². The predicted molar refractivity (Wildman–Crippen MR) is 86.6 cm³/mol. The van der Waals surface area contributed by atoms with Crippen LogP contribution >= 0.6 is 0 Å². The zero-order valence-electron chi connectivity index (χ0n) is 13.8. The molecule has 2 rings (SSSR count). The SMILES string of the molecule is N#CCCCC(CO)CCCCCC12CCC(CC1C#N)C2.